The zero-order valence-corrected chi connectivity index (χ0v) is 10.7. The summed E-state index contributed by atoms with van der Waals surface area (Å²) in [4.78, 5) is 21.9. The lowest BCUT2D eigenvalue weighted by Gasteiger charge is -2.26. The molecular formula is C12H23NO3. The van der Waals surface area contributed by atoms with Crippen LogP contribution in [0.4, 0.5) is 0 Å². The van der Waals surface area contributed by atoms with Gasteiger partial charge in [0.15, 0.2) is 0 Å². The highest BCUT2D eigenvalue weighted by Gasteiger charge is 2.26. The molecule has 0 aromatic heterocycles. The first kappa shape index (κ1) is 14.9. The van der Waals surface area contributed by atoms with E-state index in [1.54, 1.807) is 0 Å². The monoisotopic (exact) mass is 229 g/mol. The lowest BCUT2D eigenvalue weighted by molar-refractivity contribution is -0.137. The summed E-state index contributed by atoms with van der Waals surface area (Å²) in [6.45, 7) is 8.56. The van der Waals surface area contributed by atoms with E-state index in [2.05, 4.69) is 5.32 Å². The average molecular weight is 229 g/mol. The molecule has 0 fully saturated rings. The van der Waals surface area contributed by atoms with Crippen LogP contribution in [0.3, 0.4) is 0 Å². The molecule has 4 nitrogen and oxygen atoms in total. The van der Waals surface area contributed by atoms with E-state index in [9.17, 15) is 9.59 Å². The number of rotatable bonds is 6. The van der Waals surface area contributed by atoms with E-state index in [-0.39, 0.29) is 23.7 Å². The lowest BCUT2D eigenvalue weighted by Crippen LogP contribution is -2.36. The van der Waals surface area contributed by atoms with Gasteiger partial charge in [0.2, 0.25) is 5.91 Å². The first-order valence-electron chi connectivity index (χ1n) is 5.74. The Labute approximate surface area is 97.4 Å². The van der Waals surface area contributed by atoms with Crippen LogP contribution in [0.2, 0.25) is 0 Å². The van der Waals surface area contributed by atoms with Gasteiger partial charge < -0.3 is 10.4 Å². The van der Waals surface area contributed by atoms with Gasteiger partial charge in [-0.15, -0.1) is 0 Å². The van der Waals surface area contributed by atoms with Gasteiger partial charge in [0.1, 0.15) is 0 Å². The smallest absolute Gasteiger partial charge is 0.303 e. The van der Waals surface area contributed by atoms with Gasteiger partial charge in [0, 0.05) is 18.9 Å². The maximum Gasteiger partial charge on any atom is 0.303 e. The number of hydrogen-bond donors (Lipinski definition) is 2. The van der Waals surface area contributed by atoms with Crippen LogP contribution in [0, 0.1) is 11.3 Å². The number of carboxylic acid groups (broad SMARTS) is 1. The summed E-state index contributed by atoms with van der Waals surface area (Å²) in [5.41, 5.74) is -0.0366. The van der Waals surface area contributed by atoms with Crippen LogP contribution < -0.4 is 5.32 Å². The van der Waals surface area contributed by atoms with E-state index in [1.165, 1.54) is 0 Å². The van der Waals surface area contributed by atoms with E-state index < -0.39 is 5.97 Å². The van der Waals surface area contributed by atoms with Crippen LogP contribution in [0.5, 0.6) is 0 Å². The third kappa shape index (κ3) is 6.43. The largest absolute Gasteiger partial charge is 0.481 e. The van der Waals surface area contributed by atoms with Crippen LogP contribution in [-0.2, 0) is 9.59 Å². The number of carboxylic acids is 1. The van der Waals surface area contributed by atoms with Crippen LogP contribution in [0.1, 0.15) is 47.0 Å². The molecule has 0 rings (SSSR count). The first-order chi connectivity index (χ1) is 7.25. The molecule has 16 heavy (non-hydrogen) atoms. The lowest BCUT2D eigenvalue weighted by atomic mass is 9.81. The predicted octanol–water partition coefficient (Wildman–Crippen LogP) is 2.04. The van der Waals surface area contributed by atoms with E-state index >= 15 is 0 Å². The fraction of sp³-hybridized carbons (Fsp3) is 0.833. The Bertz CT molecular complexity index is 243. The molecule has 0 bridgehead atoms. The number of carbonyl (C=O) groups excluding carboxylic acids is 1. The van der Waals surface area contributed by atoms with Crippen molar-refractivity contribution < 1.29 is 14.7 Å². The molecule has 0 aliphatic carbocycles. The van der Waals surface area contributed by atoms with Gasteiger partial charge in [-0.3, -0.25) is 9.59 Å². The summed E-state index contributed by atoms with van der Waals surface area (Å²) in [7, 11) is 0. The normalized spacial score (nSPS) is 13.2. The fourth-order valence-corrected chi connectivity index (χ4v) is 1.16. The van der Waals surface area contributed by atoms with Crippen molar-refractivity contribution in [1.82, 2.24) is 5.32 Å². The number of nitrogens with one attached hydrogen (secondary N) is 1. The molecule has 0 aromatic rings. The number of carbonyl (C=O) groups is 2. The molecule has 1 atom stereocenters. The summed E-state index contributed by atoms with van der Waals surface area (Å²) in [5, 5.41) is 11.3. The highest BCUT2D eigenvalue weighted by atomic mass is 16.4. The number of unbranched alkanes of at least 4 members (excludes halogenated alkanes) is 1. The summed E-state index contributed by atoms with van der Waals surface area (Å²) >= 11 is 0. The van der Waals surface area contributed by atoms with Gasteiger partial charge in [-0.1, -0.05) is 27.7 Å². The van der Waals surface area contributed by atoms with Gasteiger partial charge in [-0.25, -0.2) is 0 Å². The Morgan fingerprint density at radius 1 is 1.25 bits per heavy atom. The molecule has 0 saturated carbocycles. The minimum absolute atomic E-state index is 0.0352. The van der Waals surface area contributed by atoms with Crippen LogP contribution >= 0.6 is 0 Å². The summed E-state index contributed by atoms with van der Waals surface area (Å²) in [6.07, 6.45) is 1.50. The molecule has 0 spiro atoms. The van der Waals surface area contributed by atoms with Crippen molar-refractivity contribution in [2.24, 2.45) is 11.3 Å². The van der Waals surface area contributed by atoms with E-state index in [0.717, 1.165) is 6.42 Å². The second kappa shape index (κ2) is 6.51. The molecule has 94 valence electrons. The van der Waals surface area contributed by atoms with Crippen LogP contribution in [-0.4, -0.2) is 23.5 Å². The number of hydrogen-bond acceptors (Lipinski definition) is 2. The van der Waals surface area contributed by atoms with Crippen molar-refractivity contribution in [1.29, 1.82) is 0 Å². The second-order valence-corrected chi connectivity index (χ2v) is 5.23. The molecule has 4 heteroatoms. The van der Waals surface area contributed by atoms with Crippen LogP contribution in [0.25, 0.3) is 0 Å². The Hall–Kier alpha value is -1.06. The highest BCUT2D eigenvalue weighted by Crippen LogP contribution is 2.25. The standard InChI is InChI=1S/C12H23NO3/c1-9(12(2,3)4)11(16)13-8-6-5-7-10(14)15/h9H,5-8H2,1-4H3,(H,13,16)(H,14,15). The topological polar surface area (TPSA) is 66.4 Å². The minimum atomic E-state index is -0.783. The van der Waals surface area contributed by atoms with Crippen LogP contribution in [0.15, 0.2) is 0 Å². The summed E-state index contributed by atoms with van der Waals surface area (Å²) in [6, 6.07) is 0. The second-order valence-electron chi connectivity index (χ2n) is 5.23. The molecule has 1 unspecified atom stereocenters. The summed E-state index contributed by atoms with van der Waals surface area (Å²) in [5.74, 6) is -0.774. The quantitative estimate of drug-likeness (QED) is 0.685. The zero-order chi connectivity index (χ0) is 12.8. The van der Waals surface area contributed by atoms with Gasteiger partial charge in [-0.05, 0) is 18.3 Å². The number of aliphatic carboxylic acids is 1. The van der Waals surface area contributed by atoms with Crippen molar-refractivity contribution in [2.75, 3.05) is 6.54 Å². The molecule has 2 N–H and O–H groups in total. The summed E-state index contributed by atoms with van der Waals surface area (Å²) < 4.78 is 0. The molecule has 0 aliphatic rings. The maximum atomic E-state index is 11.7. The van der Waals surface area contributed by atoms with Crippen molar-refractivity contribution in [3.05, 3.63) is 0 Å². The molecule has 0 aromatic carbocycles. The minimum Gasteiger partial charge on any atom is -0.481 e. The molecule has 0 radical (unpaired) electrons. The molecule has 0 saturated heterocycles. The Morgan fingerprint density at radius 3 is 2.25 bits per heavy atom. The first-order valence-corrected chi connectivity index (χ1v) is 5.74. The highest BCUT2D eigenvalue weighted by molar-refractivity contribution is 5.78. The Kier molecular flexibility index (Phi) is 6.08. The fourth-order valence-electron chi connectivity index (χ4n) is 1.16. The van der Waals surface area contributed by atoms with Crippen molar-refractivity contribution in [3.8, 4) is 0 Å². The van der Waals surface area contributed by atoms with Crippen molar-refractivity contribution in [2.45, 2.75) is 47.0 Å². The maximum absolute atomic E-state index is 11.7. The van der Waals surface area contributed by atoms with E-state index in [4.69, 9.17) is 5.11 Å². The third-order valence-corrected chi connectivity index (χ3v) is 2.81. The molecule has 0 heterocycles. The van der Waals surface area contributed by atoms with Crippen molar-refractivity contribution in [3.63, 3.8) is 0 Å². The molecule has 1 amide bonds. The van der Waals surface area contributed by atoms with Gasteiger partial charge in [0.05, 0.1) is 0 Å². The van der Waals surface area contributed by atoms with Gasteiger partial charge >= 0.3 is 5.97 Å². The van der Waals surface area contributed by atoms with E-state index in [1.807, 2.05) is 27.7 Å². The Balaban J connectivity index is 3.70. The zero-order valence-electron chi connectivity index (χ0n) is 10.7. The van der Waals surface area contributed by atoms with Gasteiger partial charge in [-0.2, -0.15) is 0 Å². The van der Waals surface area contributed by atoms with E-state index in [0.29, 0.717) is 13.0 Å². The Morgan fingerprint density at radius 2 is 1.81 bits per heavy atom. The average Bonchev–Trinajstić information content (AvgIpc) is 2.13. The molecular weight excluding hydrogens is 206 g/mol. The van der Waals surface area contributed by atoms with Crippen molar-refractivity contribution >= 4 is 11.9 Å². The predicted molar refractivity (Wildman–Crippen MR) is 63.1 cm³/mol. The number of amides is 1. The molecule has 0 aliphatic heterocycles. The SMILES string of the molecule is CC(C(=O)NCCCCC(=O)O)C(C)(C)C. The third-order valence-electron chi connectivity index (χ3n) is 2.81. The van der Waals surface area contributed by atoms with Gasteiger partial charge in [0.25, 0.3) is 0 Å².